The summed E-state index contributed by atoms with van der Waals surface area (Å²) in [5.74, 6) is 0.299. The quantitative estimate of drug-likeness (QED) is 0.155. The lowest BCUT2D eigenvalue weighted by molar-refractivity contribution is 0.832. The molecule has 0 radical (unpaired) electrons. The van der Waals surface area contributed by atoms with Crippen molar-refractivity contribution in [2.24, 2.45) is 0 Å². The van der Waals surface area contributed by atoms with Crippen molar-refractivity contribution in [3.63, 3.8) is 0 Å². The Kier molecular flexibility index (Phi) is 8.76. The number of fused-ring (bicyclic) bond motifs is 7. The van der Waals surface area contributed by atoms with Gasteiger partial charge in [-0.05, 0) is 98.6 Å². The van der Waals surface area contributed by atoms with Crippen LogP contribution in [0.1, 0.15) is 28.3 Å². The van der Waals surface area contributed by atoms with Gasteiger partial charge in [-0.2, -0.15) is 0 Å². The van der Waals surface area contributed by atoms with E-state index in [4.69, 9.17) is 0 Å². The predicted molar refractivity (Wildman–Crippen MR) is 264 cm³/mol. The summed E-state index contributed by atoms with van der Waals surface area (Å²) < 4.78 is 3.92. The van der Waals surface area contributed by atoms with Crippen molar-refractivity contribution in [3.8, 4) is 33.4 Å². The zero-order chi connectivity index (χ0) is 40.3. The Morgan fingerprint density at radius 3 is 1.82 bits per heavy atom. The predicted octanol–water partition coefficient (Wildman–Crippen LogP) is 17.1. The van der Waals surface area contributed by atoms with E-state index < -0.39 is 0 Å². The Balaban J connectivity index is 1.00. The molecule has 0 amide bonds. The lowest BCUT2D eigenvalue weighted by atomic mass is 9.85. The summed E-state index contributed by atoms with van der Waals surface area (Å²) in [6.45, 7) is 0. The van der Waals surface area contributed by atoms with Gasteiger partial charge >= 0.3 is 0 Å². The molecule has 12 rings (SSSR count). The molecule has 1 unspecified atom stereocenters. The molecule has 0 saturated heterocycles. The summed E-state index contributed by atoms with van der Waals surface area (Å²) in [5, 5.41) is 6.43. The Morgan fingerprint density at radius 1 is 0.410 bits per heavy atom. The fourth-order valence-electron chi connectivity index (χ4n) is 9.43. The van der Waals surface area contributed by atoms with Crippen molar-refractivity contribution in [1.82, 2.24) is 0 Å². The average Bonchev–Trinajstić information content (AvgIpc) is 3.92. The Labute approximate surface area is 363 Å². The van der Waals surface area contributed by atoms with Gasteiger partial charge in [0.25, 0.3) is 0 Å². The molecule has 9 aromatic carbocycles. The van der Waals surface area contributed by atoms with Crippen molar-refractivity contribution < 1.29 is 0 Å². The molecule has 3 heteroatoms. The third-order valence-corrected chi connectivity index (χ3v) is 14.8. The first-order valence-electron chi connectivity index (χ1n) is 21.0. The summed E-state index contributed by atoms with van der Waals surface area (Å²) in [5.41, 5.74) is 13.7. The molecule has 2 aromatic heterocycles. The minimum atomic E-state index is 0.299. The van der Waals surface area contributed by atoms with Crippen LogP contribution in [0.2, 0.25) is 0 Å². The molecule has 1 aliphatic rings. The van der Waals surface area contributed by atoms with E-state index in [9.17, 15) is 0 Å². The number of benzene rings is 9. The normalized spacial score (nSPS) is 13.8. The minimum Gasteiger partial charge on any atom is -0.309 e. The molecule has 11 aromatic rings. The average molecular weight is 814 g/mol. The molecule has 0 bridgehead atoms. The second kappa shape index (κ2) is 14.9. The molecular formula is C58H39NS2. The number of hydrogen-bond acceptors (Lipinski definition) is 3. The van der Waals surface area contributed by atoms with Gasteiger partial charge in [-0.15, -0.1) is 22.7 Å². The van der Waals surface area contributed by atoms with E-state index in [2.05, 4.69) is 223 Å². The molecule has 0 fully saturated rings. The maximum absolute atomic E-state index is 2.56. The van der Waals surface area contributed by atoms with E-state index in [0.29, 0.717) is 5.92 Å². The number of nitrogens with zero attached hydrogens (tertiary/aromatic N) is 1. The van der Waals surface area contributed by atoms with Crippen LogP contribution in [-0.2, 0) is 0 Å². The van der Waals surface area contributed by atoms with Gasteiger partial charge in [-0.25, -0.2) is 0 Å². The number of rotatable bonds is 7. The second-order valence-electron chi connectivity index (χ2n) is 16.0. The van der Waals surface area contributed by atoms with Crippen LogP contribution < -0.4 is 4.90 Å². The topological polar surface area (TPSA) is 3.24 Å². The molecule has 0 saturated carbocycles. The van der Waals surface area contributed by atoms with E-state index in [1.165, 1.54) is 102 Å². The highest BCUT2D eigenvalue weighted by atomic mass is 32.1. The zero-order valence-corrected chi connectivity index (χ0v) is 35.0. The van der Waals surface area contributed by atoms with Crippen molar-refractivity contribution >= 4 is 80.8 Å². The van der Waals surface area contributed by atoms with Gasteiger partial charge in [-0.3, -0.25) is 0 Å². The van der Waals surface area contributed by atoms with Gasteiger partial charge in [0, 0.05) is 52.3 Å². The van der Waals surface area contributed by atoms with Crippen molar-refractivity contribution in [1.29, 1.82) is 0 Å². The maximum Gasteiger partial charge on any atom is 0.0554 e. The molecule has 0 aliphatic heterocycles. The molecule has 0 spiro atoms. The molecule has 1 aliphatic carbocycles. The third-order valence-electron chi connectivity index (χ3n) is 12.4. The first-order valence-corrected chi connectivity index (χ1v) is 22.6. The highest BCUT2D eigenvalue weighted by Crippen LogP contribution is 2.52. The molecule has 2 heterocycles. The van der Waals surface area contributed by atoms with Crippen LogP contribution in [0.15, 0.2) is 218 Å². The van der Waals surface area contributed by atoms with E-state index in [0.717, 1.165) is 12.1 Å². The number of anilines is 2. The second-order valence-corrected chi connectivity index (χ2v) is 18.1. The van der Waals surface area contributed by atoms with Gasteiger partial charge in [0.15, 0.2) is 0 Å². The fourth-order valence-corrected chi connectivity index (χ4v) is 11.9. The lowest BCUT2D eigenvalue weighted by Gasteiger charge is -2.33. The van der Waals surface area contributed by atoms with Gasteiger partial charge in [0.2, 0.25) is 0 Å². The summed E-state index contributed by atoms with van der Waals surface area (Å²) in [6.07, 6.45) is 3.44. The first kappa shape index (κ1) is 35.9. The van der Waals surface area contributed by atoms with Gasteiger partial charge in [0.1, 0.15) is 0 Å². The highest BCUT2D eigenvalue weighted by molar-refractivity contribution is 7.26. The molecular weight excluding hydrogens is 775 g/mol. The van der Waals surface area contributed by atoms with Crippen LogP contribution in [0.5, 0.6) is 0 Å². The summed E-state index contributed by atoms with van der Waals surface area (Å²) in [4.78, 5) is 4.00. The van der Waals surface area contributed by atoms with Gasteiger partial charge in [0.05, 0.1) is 11.4 Å². The Morgan fingerprint density at radius 2 is 1.02 bits per heavy atom. The van der Waals surface area contributed by atoms with E-state index in [-0.39, 0.29) is 0 Å². The monoisotopic (exact) mass is 813 g/mol. The SMILES string of the molecule is C1=C(N(c2ccc(-c3ccc(-c4ccc5ccccc5c4)cc3)cc2)c2cccc3sc4cc(-c5ccccc5)ccc4c23)c2c(sc3ccccc23)C(c2ccccc2)C1. The van der Waals surface area contributed by atoms with Crippen LogP contribution in [0, 0.1) is 0 Å². The summed E-state index contributed by atoms with van der Waals surface area (Å²) in [6, 6.07) is 78.2. The van der Waals surface area contributed by atoms with Gasteiger partial charge in [-0.1, -0.05) is 176 Å². The van der Waals surface area contributed by atoms with Crippen molar-refractivity contribution in [2.75, 3.05) is 4.90 Å². The lowest BCUT2D eigenvalue weighted by Crippen LogP contribution is -2.19. The van der Waals surface area contributed by atoms with Crippen molar-refractivity contribution in [3.05, 3.63) is 234 Å². The van der Waals surface area contributed by atoms with Gasteiger partial charge < -0.3 is 4.90 Å². The molecule has 0 N–H and O–H groups in total. The Hall–Kier alpha value is -7.04. The largest absolute Gasteiger partial charge is 0.309 e. The van der Waals surface area contributed by atoms with Crippen LogP contribution in [0.3, 0.4) is 0 Å². The number of allylic oxidation sites excluding steroid dienone is 1. The zero-order valence-electron chi connectivity index (χ0n) is 33.3. The third kappa shape index (κ3) is 6.28. The first-order chi connectivity index (χ1) is 30.2. The fraction of sp³-hybridized carbons (Fsp3) is 0.0345. The number of hydrogen-bond donors (Lipinski definition) is 0. The van der Waals surface area contributed by atoms with Crippen LogP contribution in [0.4, 0.5) is 11.4 Å². The smallest absolute Gasteiger partial charge is 0.0554 e. The summed E-state index contributed by atoms with van der Waals surface area (Å²) >= 11 is 3.84. The van der Waals surface area contributed by atoms with Crippen LogP contribution in [0.25, 0.3) is 80.1 Å². The number of thiophene rings is 2. The standard InChI is InChI=1S/C58H39NS2/c1-3-12-38(13-4-1)46-30-33-50-55(37-46)60-54-21-11-19-51(56(50)54)59(52-35-34-48(43-15-5-2-6-16-43)58-57(52)49-18-9-10-20-53(49)61-58)47-31-28-41(29-32-47)40-22-24-42(25-23-40)45-27-26-39-14-7-8-17-44(39)36-45/h1-33,35-37,48H,34H2. The summed E-state index contributed by atoms with van der Waals surface area (Å²) in [7, 11) is 0. The van der Waals surface area contributed by atoms with E-state index >= 15 is 0 Å². The van der Waals surface area contributed by atoms with Crippen molar-refractivity contribution in [2.45, 2.75) is 12.3 Å². The molecule has 1 nitrogen and oxygen atoms in total. The van der Waals surface area contributed by atoms with E-state index in [1.807, 2.05) is 22.7 Å². The van der Waals surface area contributed by atoms with Crippen LogP contribution in [-0.4, -0.2) is 0 Å². The molecule has 288 valence electrons. The minimum absolute atomic E-state index is 0.299. The van der Waals surface area contributed by atoms with Crippen LogP contribution >= 0.6 is 22.7 Å². The maximum atomic E-state index is 2.56. The molecule has 61 heavy (non-hydrogen) atoms. The highest BCUT2D eigenvalue weighted by Gasteiger charge is 2.32. The Bertz CT molecular complexity index is 3430. The molecule has 1 atom stereocenters. The van der Waals surface area contributed by atoms with E-state index in [1.54, 1.807) is 0 Å².